The maximum absolute atomic E-state index is 6.30. The minimum atomic E-state index is -0.134. The van der Waals surface area contributed by atoms with Crippen molar-refractivity contribution in [2.75, 3.05) is 19.8 Å². The smallest absolute Gasteiger partial charge is 0.165 e. The van der Waals surface area contributed by atoms with Crippen molar-refractivity contribution < 1.29 is 14.2 Å². The average Bonchev–Trinajstić information content (AvgIpc) is 2.50. The molecule has 2 atom stereocenters. The van der Waals surface area contributed by atoms with Crippen LogP contribution in [0.5, 0.6) is 17.2 Å². The molecule has 2 aliphatic rings. The first-order chi connectivity index (χ1) is 10.5. The van der Waals surface area contributed by atoms with Gasteiger partial charge in [-0.25, -0.2) is 0 Å². The van der Waals surface area contributed by atoms with Crippen LogP contribution in [0.4, 0.5) is 0 Å². The van der Waals surface area contributed by atoms with Crippen LogP contribution in [0.25, 0.3) is 0 Å². The zero-order valence-electron chi connectivity index (χ0n) is 14.1. The molecule has 0 amide bonds. The minimum Gasteiger partial charge on any atom is -0.487 e. The van der Waals surface area contributed by atoms with Gasteiger partial charge in [0.05, 0.1) is 0 Å². The van der Waals surface area contributed by atoms with Crippen LogP contribution in [0.3, 0.4) is 0 Å². The largest absolute Gasteiger partial charge is 0.487 e. The molecule has 1 N–H and O–H groups in total. The van der Waals surface area contributed by atoms with E-state index in [1.54, 1.807) is 0 Å². The normalized spacial score (nSPS) is 26.5. The molecule has 4 heteroatoms. The Bertz CT molecular complexity index is 543. The van der Waals surface area contributed by atoms with Crippen molar-refractivity contribution in [2.45, 2.75) is 52.2 Å². The highest BCUT2D eigenvalue weighted by molar-refractivity contribution is 5.53. The molecule has 0 saturated carbocycles. The van der Waals surface area contributed by atoms with Crippen LogP contribution in [-0.2, 0) is 0 Å². The van der Waals surface area contributed by atoms with E-state index < -0.39 is 0 Å². The Morgan fingerprint density at radius 2 is 1.86 bits per heavy atom. The summed E-state index contributed by atoms with van der Waals surface area (Å²) >= 11 is 0. The summed E-state index contributed by atoms with van der Waals surface area (Å²) < 4.78 is 17.7. The first kappa shape index (κ1) is 15.5. The first-order valence-corrected chi connectivity index (χ1v) is 8.36. The summed E-state index contributed by atoms with van der Waals surface area (Å²) in [5.74, 6) is 3.19. The zero-order valence-corrected chi connectivity index (χ0v) is 14.1. The van der Waals surface area contributed by atoms with Gasteiger partial charge in [0.2, 0.25) is 0 Å². The van der Waals surface area contributed by atoms with Crippen LogP contribution in [0.15, 0.2) is 12.1 Å². The molecule has 0 saturated heterocycles. The molecule has 2 unspecified atom stereocenters. The maximum Gasteiger partial charge on any atom is 0.165 e. The number of nitrogens with one attached hydrogen (secondary N) is 1. The van der Waals surface area contributed by atoms with Gasteiger partial charge in [-0.3, -0.25) is 0 Å². The summed E-state index contributed by atoms with van der Waals surface area (Å²) in [6.45, 7) is 11.1. The predicted molar refractivity (Wildman–Crippen MR) is 87.0 cm³/mol. The van der Waals surface area contributed by atoms with Gasteiger partial charge in [0.25, 0.3) is 0 Å². The Hall–Kier alpha value is -1.42. The lowest BCUT2D eigenvalue weighted by molar-refractivity contribution is 0.0426. The quantitative estimate of drug-likeness (QED) is 0.921. The lowest BCUT2D eigenvalue weighted by Gasteiger charge is -2.40. The summed E-state index contributed by atoms with van der Waals surface area (Å²) in [4.78, 5) is 0. The predicted octanol–water partition coefficient (Wildman–Crippen LogP) is 3.70. The molecule has 3 rings (SSSR count). The number of hydrogen-bond donors (Lipinski definition) is 1. The third-order valence-corrected chi connectivity index (χ3v) is 4.56. The van der Waals surface area contributed by atoms with Gasteiger partial charge in [0.1, 0.15) is 24.6 Å². The molecule has 0 fully saturated rings. The maximum atomic E-state index is 6.30. The summed E-state index contributed by atoms with van der Waals surface area (Å²) in [6.07, 6.45) is 1.96. The molecular formula is C18H27NO3. The van der Waals surface area contributed by atoms with Crippen LogP contribution in [0.1, 0.15) is 52.1 Å². The van der Waals surface area contributed by atoms with Crippen molar-refractivity contribution in [1.29, 1.82) is 0 Å². The standard InChI is InChI=1S/C18H27NO3/c1-5-18(4)10-14(19-11-12(2)3)13-8-16-17(9-15(13)22-18)21-7-6-20-16/h8-9,12,14,19H,5-7,10-11H2,1-4H3. The number of fused-ring (bicyclic) bond motifs is 2. The first-order valence-electron chi connectivity index (χ1n) is 8.36. The average molecular weight is 305 g/mol. The van der Waals surface area contributed by atoms with E-state index in [0.717, 1.165) is 36.6 Å². The lowest BCUT2D eigenvalue weighted by Crippen LogP contribution is -2.42. The van der Waals surface area contributed by atoms with Gasteiger partial charge in [0, 0.05) is 24.1 Å². The van der Waals surface area contributed by atoms with Gasteiger partial charge in [0.15, 0.2) is 11.5 Å². The molecular weight excluding hydrogens is 278 g/mol. The molecule has 0 bridgehead atoms. The monoisotopic (exact) mass is 305 g/mol. The van der Waals surface area contributed by atoms with E-state index in [9.17, 15) is 0 Å². The van der Waals surface area contributed by atoms with Gasteiger partial charge >= 0.3 is 0 Å². The molecule has 2 aliphatic heterocycles. The van der Waals surface area contributed by atoms with E-state index in [4.69, 9.17) is 14.2 Å². The Morgan fingerprint density at radius 3 is 2.50 bits per heavy atom. The van der Waals surface area contributed by atoms with E-state index in [2.05, 4.69) is 39.1 Å². The number of benzene rings is 1. The van der Waals surface area contributed by atoms with Crippen molar-refractivity contribution in [2.24, 2.45) is 5.92 Å². The van der Waals surface area contributed by atoms with Gasteiger partial charge in [-0.15, -0.1) is 0 Å². The number of ether oxygens (including phenoxy) is 3. The molecule has 122 valence electrons. The van der Waals surface area contributed by atoms with Crippen molar-refractivity contribution in [1.82, 2.24) is 5.32 Å². The van der Waals surface area contributed by atoms with Crippen molar-refractivity contribution in [3.63, 3.8) is 0 Å². The fourth-order valence-electron chi connectivity index (χ4n) is 3.07. The summed E-state index contributed by atoms with van der Waals surface area (Å²) in [6, 6.07) is 4.39. The fraction of sp³-hybridized carbons (Fsp3) is 0.667. The second-order valence-corrected chi connectivity index (χ2v) is 7.00. The van der Waals surface area contributed by atoms with E-state index in [1.807, 2.05) is 6.07 Å². The highest BCUT2D eigenvalue weighted by atomic mass is 16.6. The molecule has 4 nitrogen and oxygen atoms in total. The SMILES string of the molecule is CCC1(C)CC(NCC(C)C)c2cc3c(cc2O1)OCCO3. The van der Waals surface area contributed by atoms with E-state index >= 15 is 0 Å². The topological polar surface area (TPSA) is 39.7 Å². The van der Waals surface area contributed by atoms with Crippen molar-refractivity contribution in [3.8, 4) is 17.2 Å². The second kappa shape index (κ2) is 5.99. The summed E-state index contributed by atoms with van der Waals surface area (Å²) in [5, 5.41) is 3.70. The minimum absolute atomic E-state index is 0.134. The van der Waals surface area contributed by atoms with E-state index in [1.165, 1.54) is 5.56 Å². The highest BCUT2D eigenvalue weighted by Crippen LogP contribution is 2.46. The third kappa shape index (κ3) is 3.02. The van der Waals surface area contributed by atoms with Gasteiger partial charge in [-0.2, -0.15) is 0 Å². The number of rotatable bonds is 4. The molecule has 22 heavy (non-hydrogen) atoms. The molecule has 1 aromatic rings. The highest BCUT2D eigenvalue weighted by Gasteiger charge is 2.37. The Kier molecular flexibility index (Phi) is 4.22. The van der Waals surface area contributed by atoms with Crippen LogP contribution in [0, 0.1) is 5.92 Å². The fourth-order valence-corrected chi connectivity index (χ4v) is 3.07. The second-order valence-electron chi connectivity index (χ2n) is 7.00. The van der Waals surface area contributed by atoms with E-state index in [0.29, 0.717) is 25.2 Å². The van der Waals surface area contributed by atoms with Gasteiger partial charge < -0.3 is 19.5 Å². The zero-order chi connectivity index (χ0) is 15.7. The van der Waals surface area contributed by atoms with Crippen LogP contribution in [-0.4, -0.2) is 25.4 Å². The Labute approximate surface area is 133 Å². The third-order valence-electron chi connectivity index (χ3n) is 4.56. The summed E-state index contributed by atoms with van der Waals surface area (Å²) in [7, 11) is 0. The Balaban J connectivity index is 1.94. The molecule has 0 spiro atoms. The van der Waals surface area contributed by atoms with Crippen LogP contribution >= 0.6 is 0 Å². The Morgan fingerprint density at radius 1 is 1.18 bits per heavy atom. The van der Waals surface area contributed by atoms with Crippen molar-refractivity contribution >= 4 is 0 Å². The van der Waals surface area contributed by atoms with Crippen LogP contribution in [0.2, 0.25) is 0 Å². The van der Waals surface area contributed by atoms with E-state index in [-0.39, 0.29) is 5.60 Å². The molecule has 0 aliphatic carbocycles. The number of hydrogen-bond acceptors (Lipinski definition) is 4. The summed E-state index contributed by atoms with van der Waals surface area (Å²) in [5.41, 5.74) is 1.06. The molecule has 0 aromatic heterocycles. The molecule has 1 aromatic carbocycles. The van der Waals surface area contributed by atoms with Crippen LogP contribution < -0.4 is 19.5 Å². The molecule has 2 heterocycles. The molecule has 0 radical (unpaired) electrons. The van der Waals surface area contributed by atoms with Gasteiger partial charge in [-0.1, -0.05) is 20.8 Å². The lowest BCUT2D eigenvalue weighted by atomic mass is 9.86. The van der Waals surface area contributed by atoms with Gasteiger partial charge in [-0.05, 0) is 31.9 Å². The van der Waals surface area contributed by atoms with Crippen molar-refractivity contribution in [3.05, 3.63) is 17.7 Å².